The number of guanidine groups is 1. The average molecular weight is 512 g/mol. The molecule has 1 saturated heterocycles. The monoisotopic (exact) mass is 512 g/mol. The van der Waals surface area contributed by atoms with Crippen LogP contribution in [0.25, 0.3) is 0 Å². The summed E-state index contributed by atoms with van der Waals surface area (Å²) in [7, 11) is 1.71. The average Bonchev–Trinajstić information content (AvgIpc) is 3.24. The number of nitrogens with zero attached hydrogens (tertiary/aromatic N) is 5. The predicted octanol–water partition coefficient (Wildman–Crippen LogP) is 2.93. The highest BCUT2D eigenvalue weighted by Crippen LogP contribution is 2.22. The van der Waals surface area contributed by atoms with Gasteiger partial charge in [0, 0.05) is 70.0 Å². The normalized spacial score (nSPS) is 15.6. The highest BCUT2D eigenvalue weighted by molar-refractivity contribution is 14.0. The molecule has 8 heteroatoms. The summed E-state index contributed by atoms with van der Waals surface area (Å²) >= 11 is 0. The van der Waals surface area contributed by atoms with E-state index in [1.807, 2.05) is 35.3 Å². The van der Waals surface area contributed by atoms with Gasteiger partial charge in [0.05, 0.1) is 7.11 Å². The van der Waals surface area contributed by atoms with Gasteiger partial charge in [-0.15, -0.1) is 24.0 Å². The molecule has 1 N–H and O–H groups in total. The van der Waals surface area contributed by atoms with E-state index < -0.39 is 0 Å². The van der Waals surface area contributed by atoms with E-state index in [0.717, 1.165) is 57.5 Å². The van der Waals surface area contributed by atoms with Crippen molar-refractivity contribution in [1.82, 2.24) is 20.0 Å². The summed E-state index contributed by atoms with van der Waals surface area (Å²) in [6.45, 7) is 10.7. The fourth-order valence-electron chi connectivity index (χ4n) is 3.44. The number of aromatic nitrogens is 2. The van der Waals surface area contributed by atoms with Crippen LogP contribution in [0.4, 0.5) is 5.69 Å². The summed E-state index contributed by atoms with van der Waals surface area (Å²) in [5.74, 6) is 2.35. The van der Waals surface area contributed by atoms with Crippen LogP contribution < -0.4 is 15.0 Å². The zero-order valence-corrected chi connectivity index (χ0v) is 20.0. The number of ether oxygens (including phenoxy) is 1. The smallest absolute Gasteiger partial charge is 0.194 e. The van der Waals surface area contributed by atoms with Gasteiger partial charge in [-0.25, -0.2) is 0 Å². The number of hydrogen-bond acceptors (Lipinski definition) is 4. The van der Waals surface area contributed by atoms with Gasteiger partial charge in [-0.05, 0) is 31.0 Å². The van der Waals surface area contributed by atoms with Gasteiger partial charge >= 0.3 is 0 Å². The largest absolute Gasteiger partial charge is 0.497 e. The molecular weight excluding hydrogens is 479 g/mol. The van der Waals surface area contributed by atoms with Crippen molar-refractivity contribution in [2.24, 2.45) is 10.9 Å². The Labute approximate surface area is 191 Å². The molecule has 160 valence electrons. The lowest BCUT2D eigenvalue weighted by atomic mass is 10.2. The van der Waals surface area contributed by atoms with Gasteiger partial charge in [0.15, 0.2) is 5.96 Å². The number of anilines is 1. The number of hydrogen-bond donors (Lipinski definition) is 1. The van der Waals surface area contributed by atoms with Crippen molar-refractivity contribution in [3.8, 4) is 5.75 Å². The molecular formula is C21H33IN6O. The molecule has 1 aliphatic heterocycles. The summed E-state index contributed by atoms with van der Waals surface area (Å²) in [6, 6.07) is 10.2. The van der Waals surface area contributed by atoms with Gasteiger partial charge in [-0.3, -0.25) is 9.67 Å². The van der Waals surface area contributed by atoms with Gasteiger partial charge in [-0.2, -0.15) is 5.10 Å². The quantitative estimate of drug-likeness (QED) is 0.352. The summed E-state index contributed by atoms with van der Waals surface area (Å²) in [5.41, 5.74) is 1.22. The number of aliphatic imine (C=N–C) groups is 1. The van der Waals surface area contributed by atoms with E-state index in [1.54, 1.807) is 7.11 Å². The Morgan fingerprint density at radius 2 is 2.03 bits per heavy atom. The maximum atomic E-state index is 5.36. The van der Waals surface area contributed by atoms with Crippen molar-refractivity contribution in [2.45, 2.75) is 20.4 Å². The van der Waals surface area contributed by atoms with Crippen LogP contribution in [-0.2, 0) is 6.54 Å². The maximum Gasteiger partial charge on any atom is 0.194 e. The molecule has 7 nitrogen and oxygen atoms in total. The maximum absolute atomic E-state index is 5.36. The third-order valence-corrected chi connectivity index (χ3v) is 4.94. The van der Waals surface area contributed by atoms with Crippen LogP contribution in [0.2, 0.25) is 0 Å². The van der Waals surface area contributed by atoms with Crippen LogP contribution in [0.3, 0.4) is 0 Å². The lowest BCUT2D eigenvalue weighted by Gasteiger charge is -2.38. The molecule has 1 unspecified atom stereocenters. The van der Waals surface area contributed by atoms with E-state index in [-0.39, 0.29) is 24.0 Å². The molecule has 0 spiro atoms. The second-order valence-electron chi connectivity index (χ2n) is 7.20. The third kappa shape index (κ3) is 6.80. The molecule has 1 fully saturated rings. The van der Waals surface area contributed by atoms with Crippen molar-refractivity contribution in [1.29, 1.82) is 0 Å². The molecule has 0 radical (unpaired) electrons. The molecule has 3 rings (SSSR count). The molecule has 0 amide bonds. The van der Waals surface area contributed by atoms with Crippen molar-refractivity contribution >= 4 is 35.6 Å². The van der Waals surface area contributed by atoms with Gasteiger partial charge in [-0.1, -0.05) is 13.0 Å². The lowest BCUT2D eigenvalue weighted by Crippen LogP contribution is -2.52. The number of methoxy groups -OCH3 is 1. The molecule has 1 aromatic carbocycles. The van der Waals surface area contributed by atoms with E-state index in [2.05, 4.69) is 46.2 Å². The highest BCUT2D eigenvalue weighted by atomic mass is 127. The van der Waals surface area contributed by atoms with E-state index in [1.165, 1.54) is 5.69 Å². The molecule has 1 aromatic heterocycles. The molecule has 1 atom stereocenters. The molecule has 2 heterocycles. The standard InChI is InChI=1S/C21H32N6O.HI/c1-4-22-21(23-16-18(2)17-27-10-6-9-24-27)26-13-11-25(12-14-26)19-7-5-8-20(15-19)28-3;/h5-10,15,18H,4,11-14,16-17H2,1-3H3,(H,22,23);1H. The van der Waals surface area contributed by atoms with E-state index in [4.69, 9.17) is 9.73 Å². The minimum Gasteiger partial charge on any atom is -0.497 e. The Bertz CT molecular complexity index is 743. The van der Waals surface area contributed by atoms with Crippen molar-refractivity contribution in [3.05, 3.63) is 42.7 Å². The second-order valence-corrected chi connectivity index (χ2v) is 7.20. The van der Waals surface area contributed by atoms with Crippen LogP contribution in [0.5, 0.6) is 5.75 Å². The topological polar surface area (TPSA) is 57.9 Å². The number of halogens is 1. The highest BCUT2D eigenvalue weighted by Gasteiger charge is 2.20. The molecule has 0 saturated carbocycles. The van der Waals surface area contributed by atoms with Gasteiger partial charge < -0.3 is 19.9 Å². The van der Waals surface area contributed by atoms with Gasteiger partial charge in [0.2, 0.25) is 0 Å². The molecule has 2 aromatic rings. The first kappa shape index (κ1) is 23.3. The number of benzene rings is 1. The Morgan fingerprint density at radius 3 is 2.69 bits per heavy atom. The SMILES string of the molecule is CCNC(=NCC(C)Cn1cccn1)N1CCN(c2cccc(OC)c2)CC1.I. The fourth-order valence-corrected chi connectivity index (χ4v) is 3.44. The molecule has 29 heavy (non-hydrogen) atoms. The summed E-state index contributed by atoms with van der Waals surface area (Å²) in [4.78, 5) is 9.66. The predicted molar refractivity (Wildman–Crippen MR) is 130 cm³/mol. The van der Waals surface area contributed by atoms with Crippen LogP contribution in [0.1, 0.15) is 13.8 Å². The Balaban J connectivity index is 0.00000300. The van der Waals surface area contributed by atoms with Crippen LogP contribution in [-0.4, -0.2) is 67.0 Å². The minimum atomic E-state index is 0. The Morgan fingerprint density at radius 1 is 1.24 bits per heavy atom. The number of piperazine rings is 1. The molecule has 0 bridgehead atoms. The fraction of sp³-hybridized carbons (Fsp3) is 0.524. The Hall–Kier alpha value is -1.97. The number of nitrogens with one attached hydrogen (secondary N) is 1. The lowest BCUT2D eigenvalue weighted by molar-refractivity contribution is 0.369. The van der Waals surface area contributed by atoms with Crippen molar-refractivity contribution in [2.75, 3.05) is 51.3 Å². The molecule has 0 aliphatic carbocycles. The van der Waals surface area contributed by atoms with Gasteiger partial charge in [0.25, 0.3) is 0 Å². The van der Waals surface area contributed by atoms with E-state index in [9.17, 15) is 0 Å². The summed E-state index contributed by atoms with van der Waals surface area (Å²) < 4.78 is 7.33. The first-order valence-corrected chi connectivity index (χ1v) is 10.1. The summed E-state index contributed by atoms with van der Waals surface area (Å²) in [6.07, 6.45) is 3.82. The van der Waals surface area contributed by atoms with Crippen LogP contribution >= 0.6 is 24.0 Å². The van der Waals surface area contributed by atoms with E-state index >= 15 is 0 Å². The van der Waals surface area contributed by atoms with Crippen molar-refractivity contribution in [3.63, 3.8) is 0 Å². The Kier molecular flexibility index (Phi) is 9.56. The first-order valence-electron chi connectivity index (χ1n) is 10.1. The van der Waals surface area contributed by atoms with Crippen molar-refractivity contribution < 1.29 is 4.74 Å². The molecule has 1 aliphatic rings. The zero-order chi connectivity index (χ0) is 19.8. The first-order chi connectivity index (χ1) is 13.7. The number of rotatable bonds is 7. The van der Waals surface area contributed by atoms with E-state index in [0.29, 0.717) is 5.92 Å². The van der Waals surface area contributed by atoms with Gasteiger partial charge in [0.1, 0.15) is 5.75 Å². The second kappa shape index (κ2) is 11.9. The third-order valence-electron chi connectivity index (χ3n) is 4.94. The zero-order valence-electron chi connectivity index (χ0n) is 17.6. The minimum absolute atomic E-state index is 0. The van der Waals surface area contributed by atoms with Crippen LogP contribution in [0.15, 0.2) is 47.7 Å². The summed E-state index contributed by atoms with van der Waals surface area (Å²) in [5, 5.41) is 7.74. The van der Waals surface area contributed by atoms with Crippen LogP contribution in [0, 0.1) is 5.92 Å².